The Labute approximate surface area is 193 Å². The molecule has 8 heteroatoms. The minimum atomic E-state index is -3.51. The maximum Gasteiger partial charge on any atom is 0.185 e. The molecule has 1 fully saturated rings. The number of methoxy groups -OCH3 is 2. The van der Waals surface area contributed by atoms with Gasteiger partial charge < -0.3 is 14.4 Å². The number of nitrogens with zero attached hydrogens (tertiary/aromatic N) is 2. The van der Waals surface area contributed by atoms with E-state index in [9.17, 15) is 8.42 Å². The first-order valence-electron chi connectivity index (χ1n) is 10.6. The van der Waals surface area contributed by atoms with Crippen molar-refractivity contribution in [2.24, 2.45) is 0 Å². The Morgan fingerprint density at radius 1 is 1.03 bits per heavy atom. The van der Waals surface area contributed by atoms with Crippen molar-refractivity contribution in [3.05, 3.63) is 52.9 Å². The zero-order valence-electron chi connectivity index (χ0n) is 18.8. The molecule has 0 bridgehead atoms. The van der Waals surface area contributed by atoms with Gasteiger partial charge in [-0.05, 0) is 49.9 Å². The summed E-state index contributed by atoms with van der Waals surface area (Å²) in [7, 11) is -0.485. The van der Waals surface area contributed by atoms with Gasteiger partial charge in [0, 0.05) is 30.1 Å². The van der Waals surface area contributed by atoms with E-state index in [1.54, 1.807) is 36.6 Å². The second kappa shape index (κ2) is 9.11. The average Bonchev–Trinajstić information content (AvgIpc) is 3.28. The van der Waals surface area contributed by atoms with Gasteiger partial charge in [-0.25, -0.2) is 13.4 Å². The molecule has 2 aromatic carbocycles. The van der Waals surface area contributed by atoms with Gasteiger partial charge in [0.2, 0.25) is 0 Å². The van der Waals surface area contributed by atoms with E-state index >= 15 is 0 Å². The molecular weight excluding hydrogens is 444 g/mol. The molecule has 0 amide bonds. The summed E-state index contributed by atoms with van der Waals surface area (Å²) in [5.41, 5.74) is 4.58. The van der Waals surface area contributed by atoms with Crippen LogP contribution in [0.15, 0.2) is 46.7 Å². The lowest BCUT2D eigenvalue weighted by atomic mass is 10.0. The molecule has 1 aromatic heterocycles. The van der Waals surface area contributed by atoms with Crippen LogP contribution in [0.4, 0.5) is 5.13 Å². The van der Waals surface area contributed by atoms with Crippen LogP contribution < -0.4 is 14.4 Å². The molecule has 1 aliphatic rings. The first-order chi connectivity index (χ1) is 15.3. The topological polar surface area (TPSA) is 68.7 Å². The number of aromatic nitrogens is 1. The van der Waals surface area contributed by atoms with Gasteiger partial charge in [-0.15, -0.1) is 11.3 Å². The standard InChI is InChI=1S/C24H28N2O4S2/c1-16-6-5-7-17(2)23(16)20-15-31-24(25-20)26-12-10-19(11-13-26)32(27,28)22-9-8-18(29-3)14-21(22)30-4/h5-9,14-15,19H,10-13H2,1-4H3. The second-order valence-electron chi connectivity index (χ2n) is 8.03. The maximum atomic E-state index is 13.3. The molecule has 1 saturated heterocycles. The Hall–Kier alpha value is -2.58. The van der Waals surface area contributed by atoms with Crippen molar-refractivity contribution in [1.82, 2.24) is 4.98 Å². The van der Waals surface area contributed by atoms with Gasteiger partial charge in [-0.3, -0.25) is 0 Å². The van der Waals surface area contributed by atoms with E-state index in [2.05, 4.69) is 42.3 Å². The van der Waals surface area contributed by atoms with E-state index < -0.39 is 15.1 Å². The number of anilines is 1. The molecule has 2 heterocycles. The predicted molar refractivity (Wildman–Crippen MR) is 129 cm³/mol. The number of ether oxygens (including phenoxy) is 2. The predicted octanol–water partition coefficient (Wildman–Crippen LogP) is 4.89. The highest BCUT2D eigenvalue weighted by Gasteiger charge is 2.34. The molecular formula is C24H28N2O4S2. The number of hydrogen-bond acceptors (Lipinski definition) is 7. The van der Waals surface area contributed by atoms with Crippen molar-refractivity contribution in [3.63, 3.8) is 0 Å². The van der Waals surface area contributed by atoms with Gasteiger partial charge in [0.05, 0.1) is 25.2 Å². The summed E-state index contributed by atoms with van der Waals surface area (Å²) >= 11 is 1.62. The first kappa shape index (κ1) is 22.6. The van der Waals surface area contributed by atoms with Gasteiger partial charge in [-0.1, -0.05) is 18.2 Å². The highest BCUT2D eigenvalue weighted by Crippen LogP contribution is 2.36. The summed E-state index contributed by atoms with van der Waals surface area (Å²) in [5.74, 6) is 0.893. The Morgan fingerprint density at radius 2 is 1.72 bits per heavy atom. The van der Waals surface area contributed by atoms with Gasteiger partial charge in [0.15, 0.2) is 15.0 Å². The number of sulfone groups is 1. The van der Waals surface area contributed by atoms with E-state index in [1.807, 2.05) is 0 Å². The van der Waals surface area contributed by atoms with Crippen molar-refractivity contribution in [2.45, 2.75) is 36.8 Å². The van der Waals surface area contributed by atoms with Crippen molar-refractivity contribution in [3.8, 4) is 22.8 Å². The van der Waals surface area contributed by atoms with Gasteiger partial charge in [0.1, 0.15) is 16.4 Å². The largest absolute Gasteiger partial charge is 0.497 e. The maximum absolute atomic E-state index is 13.3. The molecule has 0 atom stereocenters. The van der Waals surface area contributed by atoms with Crippen LogP contribution in [0.5, 0.6) is 11.5 Å². The van der Waals surface area contributed by atoms with Crippen LogP contribution in [0.3, 0.4) is 0 Å². The Kier molecular flexibility index (Phi) is 6.44. The third kappa shape index (κ3) is 4.21. The molecule has 170 valence electrons. The van der Waals surface area contributed by atoms with Crippen molar-refractivity contribution in [1.29, 1.82) is 0 Å². The lowest BCUT2D eigenvalue weighted by Gasteiger charge is -2.31. The lowest BCUT2D eigenvalue weighted by molar-refractivity contribution is 0.385. The zero-order valence-corrected chi connectivity index (χ0v) is 20.4. The van der Waals surface area contributed by atoms with Crippen molar-refractivity contribution < 1.29 is 17.9 Å². The molecule has 0 unspecified atom stereocenters. The Bertz CT molecular complexity index is 1190. The number of benzene rings is 2. The van der Waals surface area contributed by atoms with E-state index in [4.69, 9.17) is 14.5 Å². The fourth-order valence-electron chi connectivity index (χ4n) is 4.29. The van der Waals surface area contributed by atoms with Gasteiger partial charge in [-0.2, -0.15) is 0 Å². The van der Waals surface area contributed by atoms with Crippen LogP contribution in [0, 0.1) is 13.8 Å². The second-order valence-corrected chi connectivity index (χ2v) is 11.1. The molecule has 6 nitrogen and oxygen atoms in total. The van der Waals surface area contributed by atoms with E-state index in [1.165, 1.54) is 23.8 Å². The minimum Gasteiger partial charge on any atom is -0.497 e. The summed E-state index contributed by atoms with van der Waals surface area (Å²) in [4.78, 5) is 7.30. The molecule has 0 N–H and O–H groups in total. The SMILES string of the molecule is COc1ccc(S(=O)(=O)C2CCN(c3nc(-c4c(C)cccc4C)cs3)CC2)c(OC)c1. The summed E-state index contributed by atoms with van der Waals surface area (Å²) in [6.07, 6.45) is 1.10. The van der Waals surface area contributed by atoms with E-state index in [0.29, 0.717) is 37.4 Å². The van der Waals surface area contributed by atoms with Gasteiger partial charge >= 0.3 is 0 Å². The number of rotatable bonds is 6. The number of piperidine rings is 1. The summed E-state index contributed by atoms with van der Waals surface area (Å²) in [6.45, 7) is 5.51. The van der Waals surface area contributed by atoms with E-state index in [-0.39, 0.29) is 4.90 Å². The van der Waals surface area contributed by atoms with Crippen LogP contribution in [0.1, 0.15) is 24.0 Å². The third-order valence-corrected chi connectivity index (χ3v) is 9.26. The smallest absolute Gasteiger partial charge is 0.185 e. The van der Waals surface area contributed by atoms with Crippen LogP contribution in [-0.4, -0.2) is 46.0 Å². The molecule has 0 radical (unpaired) electrons. The summed E-state index contributed by atoms with van der Waals surface area (Å²) in [5, 5.41) is 2.59. The minimum absolute atomic E-state index is 0.228. The third-order valence-electron chi connectivity index (χ3n) is 6.06. The Morgan fingerprint density at radius 3 is 2.34 bits per heavy atom. The molecule has 0 saturated carbocycles. The van der Waals surface area contributed by atoms with Crippen LogP contribution in [0.25, 0.3) is 11.3 Å². The fraction of sp³-hybridized carbons (Fsp3) is 0.375. The Balaban J connectivity index is 1.50. The average molecular weight is 473 g/mol. The first-order valence-corrected chi connectivity index (χ1v) is 13.0. The normalized spacial score (nSPS) is 15.1. The van der Waals surface area contributed by atoms with Crippen LogP contribution >= 0.6 is 11.3 Å². The molecule has 0 spiro atoms. The number of hydrogen-bond donors (Lipinski definition) is 0. The fourth-order valence-corrected chi connectivity index (χ4v) is 7.03. The van der Waals surface area contributed by atoms with Crippen LogP contribution in [-0.2, 0) is 9.84 Å². The molecule has 1 aliphatic heterocycles. The molecule has 4 rings (SSSR count). The molecule has 32 heavy (non-hydrogen) atoms. The summed E-state index contributed by atoms with van der Waals surface area (Å²) < 4.78 is 37.2. The van der Waals surface area contributed by atoms with Crippen molar-refractivity contribution >= 4 is 26.3 Å². The highest BCUT2D eigenvalue weighted by atomic mass is 32.2. The van der Waals surface area contributed by atoms with E-state index in [0.717, 1.165) is 10.8 Å². The highest BCUT2D eigenvalue weighted by molar-refractivity contribution is 7.92. The lowest BCUT2D eigenvalue weighted by Crippen LogP contribution is -2.39. The quantitative estimate of drug-likeness (QED) is 0.509. The van der Waals surface area contributed by atoms with Crippen LogP contribution in [0.2, 0.25) is 0 Å². The van der Waals surface area contributed by atoms with Crippen molar-refractivity contribution in [2.75, 3.05) is 32.2 Å². The zero-order chi connectivity index (χ0) is 22.9. The summed E-state index contributed by atoms with van der Waals surface area (Å²) in [6, 6.07) is 11.1. The number of thiazole rings is 1. The molecule has 0 aliphatic carbocycles. The molecule has 3 aromatic rings. The number of aryl methyl sites for hydroxylation is 2. The van der Waals surface area contributed by atoms with Gasteiger partial charge in [0.25, 0.3) is 0 Å². The monoisotopic (exact) mass is 472 g/mol.